The molecule has 17 nitrogen and oxygen atoms in total. The largest absolute Gasteiger partial charge is 0.472 e. The zero-order chi connectivity index (χ0) is 70.7. The van der Waals surface area contributed by atoms with E-state index in [1.165, 1.54) is 205 Å². The fraction of sp³-hybridized carbons (Fsp3) is 0.948. The highest BCUT2D eigenvalue weighted by molar-refractivity contribution is 7.47. The van der Waals surface area contributed by atoms with E-state index in [1.807, 2.05) is 0 Å². The van der Waals surface area contributed by atoms with E-state index in [-0.39, 0.29) is 25.7 Å². The molecule has 0 heterocycles. The summed E-state index contributed by atoms with van der Waals surface area (Å²) in [6.45, 7) is 9.54. The standard InChI is InChI=1S/C77H150O17P2/c1-7-10-12-14-16-17-18-19-20-21-22-23-24-29-32-35-38-42-49-55-61-76(81)93-72(66-88-75(80)60-54-48-41-37-34-31-28-26-25-27-30-33-36-40-45-51-57-69(4)5)67-91-95(83,84)89-63-71(78)64-90-96(85,86)92-68-73(65-87-74(79)59-53-47-39-15-13-11-8-2)94-77(82)62-56-50-44-43-46-52-58-70(6)9-3/h69-73,78H,7-68H2,1-6H3,(H,83,84)(H,85,86)/t70?,71-,72-,73-/m1/s1. The number of hydrogen-bond donors (Lipinski definition) is 3. The van der Waals surface area contributed by atoms with Gasteiger partial charge in [-0.3, -0.25) is 37.3 Å². The molecule has 0 aliphatic heterocycles. The van der Waals surface area contributed by atoms with Crippen LogP contribution in [0.3, 0.4) is 0 Å². The van der Waals surface area contributed by atoms with Crippen LogP contribution in [0, 0.1) is 11.8 Å². The quantitative estimate of drug-likeness (QED) is 0.0222. The number of esters is 4. The van der Waals surface area contributed by atoms with Gasteiger partial charge in [0.1, 0.15) is 19.3 Å². The van der Waals surface area contributed by atoms with Crippen molar-refractivity contribution in [2.75, 3.05) is 39.6 Å². The summed E-state index contributed by atoms with van der Waals surface area (Å²) >= 11 is 0. The Labute approximate surface area is 588 Å². The fourth-order valence-electron chi connectivity index (χ4n) is 11.8. The first kappa shape index (κ1) is 94.1. The maximum absolute atomic E-state index is 13.1. The molecule has 0 bridgehead atoms. The molecule has 570 valence electrons. The van der Waals surface area contributed by atoms with E-state index in [9.17, 15) is 43.2 Å². The second kappa shape index (κ2) is 68.8. The van der Waals surface area contributed by atoms with E-state index >= 15 is 0 Å². The van der Waals surface area contributed by atoms with Gasteiger partial charge < -0.3 is 33.8 Å². The Morgan fingerprint density at radius 3 is 0.792 bits per heavy atom. The topological polar surface area (TPSA) is 237 Å². The van der Waals surface area contributed by atoms with Gasteiger partial charge in [0.25, 0.3) is 0 Å². The summed E-state index contributed by atoms with van der Waals surface area (Å²) in [4.78, 5) is 72.6. The van der Waals surface area contributed by atoms with Crippen LogP contribution >= 0.6 is 15.6 Å². The van der Waals surface area contributed by atoms with Crippen molar-refractivity contribution in [3.8, 4) is 0 Å². The number of carbonyl (C=O) groups excluding carboxylic acids is 4. The number of hydrogen-bond acceptors (Lipinski definition) is 15. The van der Waals surface area contributed by atoms with Crippen molar-refractivity contribution >= 4 is 39.5 Å². The summed E-state index contributed by atoms with van der Waals surface area (Å²) in [7, 11) is -9.90. The number of rotatable bonds is 76. The third-order valence-corrected chi connectivity index (χ3v) is 20.2. The lowest BCUT2D eigenvalue weighted by atomic mass is 10.00. The van der Waals surface area contributed by atoms with E-state index in [1.54, 1.807) is 0 Å². The first-order valence-electron chi connectivity index (χ1n) is 40.0. The number of carbonyl (C=O) groups is 4. The van der Waals surface area contributed by atoms with Crippen LogP contribution in [0.5, 0.6) is 0 Å². The van der Waals surface area contributed by atoms with Crippen LogP contribution in [-0.4, -0.2) is 96.7 Å². The minimum atomic E-state index is -4.96. The first-order valence-corrected chi connectivity index (χ1v) is 43.0. The molecule has 6 atom stereocenters. The molecule has 3 unspecified atom stereocenters. The van der Waals surface area contributed by atoms with Gasteiger partial charge in [0, 0.05) is 25.7 Å². The maximum atomic E-state index is 13.1. The lowest BCUT2D eigenvalue weighted by Crippen LogP contribution is -2.30. The van der Waals surface area contributed by atoms with Gasteiger partial charge in [-0.1, -0.05) is 350 Å². The predicted molar refractivity (Wildman–Crippen MR) is 391 cm³/mol. The Morgan fingerprint density at radius 1 is 0.302 bits per heavy atom. The summed E-state index contributed by atoms with van der Waals surface area (Å²) in [5.74, 6) is -0.590. The Bertz CT molecular complexity index is 1860. The zero-order valence-corrected chi connectivity index (χ0v) is 64.5. The van der Waals surface area contributed by atoms with Gasteiger partial charge in [0.2, 0.25) is 0 Å². The highest BCUT2D eigenvalue weighted by Crippen LogP contribution is 2.45. The van der Waals surface area contributed by atoms with Crippen molar-refractivity contribution < 1.29 is 80.2 Å². The SMILES string of the molecule is CCCCCCCCCCCCCCCCCCCCCCC(=O)O[C@H](COC(=O)CCCCCCCCCCCCCCCCCCC(C)C)COP(=O)(O)OC[C@@H](O)COP(=O)(O)OC[C@@H](COC(=O)CCCCCCCCC)OC(=O)CCCCCCCCC(C)CC. The lowest BCUT2D eigenvalue weighted by Gasteiger charge is -2.21. The Hall–Kier alpha value is -1.94. The van der Waals surface area contributed by atoms with Crippen LogP contribution in [0.2, 0.25) is 0 Å². The molecule has 0 aliphatic carbocycles. The normalized spacial score (nSPS) is 14.3. The Balaban J connectivity index is 5.16. The smallest absolute Gasteiger partial charge is 0.462 e. The fourth-order valence-corrected chi connectivity index (χ4v) is 13.4. The molecule has 96 heavy (non-hydrogen) atoms. The Morgan fingerprint density at radius 2 is 0.531 bits per heavy atom. The van der Waals surface area contributed by atoms with Gasteiger partial charge >= 0.3 is 39.5 Å². The van der Waals surface area contributed by atoms with Gasteiger partial charge in [-0.2, -0.15) is 0 Å². The van der Waals surface area contributed by atoms with Gasteiger partial charge in [-0.15, -0.1) is 0 Å². The van der Waals surface area contributed by atoms with Crippen LogP contribution in [0.4, 0.5) is 0 Å². The second-order valence-electron chi connectivity index (χ2n) is 28.5. The van der Waals surface area contributed by atoms with Crippen LogP contribution < -0.4 is 0 Å². The van der Waals surface area contributed by atoms with E-state index in [4.69, 9.17) is 37.0 Å². The third kappa shape index (κ3) is 69.2. The van der Waals surface area contributed by atoms with Crippen LogP contribution in [0.25, 0.3) is 0 Å². The summed E-state index contributed by atoms with van der Waals surface area (Å²) < 4.78 is 68.4. The number of aliphatic hydroxyl groups is 1. The van der Waals surface area contributed by atoms with E-state index in [0.717, 1.165) is 115 Å². The predicted octanol–water partition coefficient (Wildman–Crippen LogP) is 22.7. The monoisotopic (exact) mass is 1410 g/mol. The van der Waals surface area contributed by atoms with Crippen molar-refractivity contribution in [1.82, 2.24) is 0 Å². The van der Waals surface area contributed by atoms with Gasteiger partial charge in [-0.25, -0.2) is 9.13 Å². The zero-order valence-electron chi connectivity index (χ0n) is 62.7. The molecule has 19 heteroatoms. The molecular formula is C77H150O17P2. The minimum absolute atomic E-state index is 0.103. The van der Waals surface area contributed by atoms with Crippen molar-refractivity contribution in [1.29, 1.82) is 0 Å². The minimum Gasteiger partial charge on any atom is -0.462 e. The summed E-state index contributed by atoms with van der Waals surface area (Å²) in [6.07, 6.45) is 57.3. The molecule has 0 amide bonds. The average Bonchev–Trinajstić information content (AvgIpc) is 1.15. The number of unbranched alkanes of at least 4 members (excludes halogenated alkanes) is 45. The van der Waals surface area contributed by atoms with Gasteiger partial charge in [-0.05, 0) is 37.5 Å². The second-order valence-corrected chi connectivity index (χ2v) is 31.4. The summed E-state index contributed by atoms with van der Waals surface area (Å²) in [5, 5.41) is 10.6. The molecular weight excluding hydrogens is 1260 g/mol. The third-order valence-electron chi connectivity index (χ3n) is 18.3. The lowest BCUT2D eigenvalue weighted by molar-refractivity contribution is -0.161. The van der Waals surface area contributed by atoms with E-state index in [0.29, 0.717) is 25.7 Å². The van der Waals surface area contributed by atoms with E-state index < -0.39 is 97.5 Å². The molecule has 0 aromatic rings. The average molecular weight is 1410 g/mol. The highest BCUT2D eigenvalue weighted by atomic mass is 31.2. The van der Waals surface area contributed by atoms with Crippen LogP contribution in [0.15, 0.2) is 0 Å². The summed E-state index contributed by atoms with van der Waals surface area (Å²) in [5.41, 5.74) is 0. The molecule has 0 aromatic heterocycles. The first-order chi connectivity index (χ1) is 46.4. The van der Waals surface area contributed by atoms with Crippen molar-refractivity contribution in [3.63, 3.8) is 0 Å². The molecule has 0 spiro atoms. The molecule has 0 radical (unpaired) electrons. The maximum Gasteiger partial charge on any atom is 0.472 e. The van der Waals surface area contributed by atoms with Crippen molar-refractivity contribution in [2.45, 2.75) is 419 Å². The van der Waals surface area contributed by atoms with Gasteiger partial charge in [0.15, 0.2) is 12.2 Å². The van der Waals surface area contributed by atoms with Crippen LogP contribution in [-0.2, 0) is 65.4 Å². The number of phosphoric ester groups is 2. The number of aliphatic hydroxyl groups excluding tert-OH is 1. The molecule has 0 rings (SSSR count). The van der Waals surface area contributed by atoms with Crippen molar-refractivity contribution in [2.24, 2.45) is 11.8 Å². The molecule has 0 saturated carbocycles. The number of ether oxygens (including phenoxy) is 4. The van der Waals surface area contributed by atoms with Crippen LogP contribution in [0.1, 0.15) is 401 Å². The van der Waals surface area contributed by atoms with Gasteiger partial charge in [0.05, 0.1) is 26.4 Å². The Kier molecular flexibility index (Phi) is 67.4. The van der Waals surface area contributed by atoms with E-state index in [2.05, 4.69) is 41.5 Å². The molecule has 3 N–H and O–H groups in total. The van der Waals surface area contributed by atoms with Crippen molar-refractivity contribution in [3.05, 3.63) is 0 Å². The molecule has 0 fully saturated rings. The molecule has 0 saturated heterocycles. The number of phosphoric acid groups is 2. The molecule has 0 aromatic carbocycles. The highest BCUT2D eigenvalue weighted by Gasteiger charge is 2.30. The summed E-state index contributed by atoms with van der Waals surface area (Å²) in [6, 6.07) is 0. The molecule has 0 aliphatic rings.